The molecule has 0 radical (unpaired) electrons. The lowest BCUT2D eigenvalue weighted by atomic mass is 10.1. The van der Waals surface area contributed by atoms with E-state index in [2.05, 4.69) is 27.0 Å². The van der Waals surface area contributed by atoms with E-state index in [0.717, 1.165) is 15.8 Å². The summed E-state index contributed by atoms with van der Waals surface area (Å²) < 4.78 is 6.47. The van der Waals surface area contributed by atoms with Gasteiger partial charge in [-0.1, -0.05) is 11.6 Å². The van der Waals surface area contributed by atoms with E-state index >= 15 is 0 Å². The first-order valence-electron chi connectivity index (χ1n) is 4.36. The summed E-state index contributed by atoms with van der Waals surface area (Å²) in [5, 5.41) is 0. The predicted octanol–water partition coefficient (Wildman–Crippen LogP) is 3.72. The van der Waals surface area contributed by atoms with E-state index in [0.29, 0.717) is 5.89 Å². The molecular weight excluding hydrogens is 242 g/mol. The van der Waals surface area contributed by atoms with Crippen LogP contribution in [-0.2, 0) is 0 Å². The zero-order chi connectivity index (χ0) is 10.1. The van der Waals surface area contributed by atoms with Crippen molar-refractivity contribution in [2.24, 2.45) is 0 Å². The van der Waals surface area contributed by atoms with Crippen molar-refractivity contribution in [2.45, 2.75) is 13.8 Å². The van der Waals surface area contributed by atoms with Crippen LogP contribution in [-0.4, -0.2) is 4.98 Å². The van der Waals surface area contributed by atoms with Gasteiger partial charge in [-0.15, -0.1) is 0 Å². The van der Waals surface area contributed by atoms with E-state index in [1.165, 1.54) is 5.56 Å². The van der Waals surface area contributed by atoms with Crippen molar-refractivity contribution >= 4 is 15.9 Å². The third kappa shape index (κ3) is 1.73. The van der Waals surface area contributed by atoms with Crippen LogP contribution in [0.5, 0.6) is 0 Å². The maximum atomic E-state index is 5.46. The molecule has 0 aliphatic carbocycles. The molecule has 72 valence electrons. The summed E-state index contributed by atoms with van der Waals surface area (Å²) in [6, 6.07) is 6.10. The van der Waals surface area contributed by atoms with Crippen LogP contribution in [0.3, 0.4) is 0 Å². The highest BCUT2D eigenvalue weighted by atomic mass is 79.9. The number of aryl methyl sites for hydroxylation is 2. The molecule has 1 heterocycles. The summed E-state index contributed by atoms with van der Waals surface area (Å²) in [6.07, 6.45) is 1.73. The number of halogens is 1. The monoisotopic (exact) mass is 251 g/mol. The summed E-state index contributed by atoms with van der Waals surface area (Å²) in [5.41, 5.74) is 2.19. The first-order valence-corrected chi connectivity index (χ1v) is 5.15. The average molecular weight is 252 g/mol. The predicted molar refractivity (Wildman–Crippen MR) is 59.1 cm³/mol. The summed E-state index contributed by atoms with van der Waals surface area (Å²) in [5.74, 6) is 1.49. The van der Waals surface area contributed by atoms with Gasteiger partial charge in [0.2, 0.25) is 5.89 Å². The number of nitrogens with zero attached hydrogens (tertiary/aromatic N) is 1. The fraction of sp³-hybridized carbons (Fsp3) is 0.182. The van der Waals surface area contributed by atoms with Crippen molar-refractivity contribution in [1.29, 1.82) is 0 Å². The van der Waals surface area contributed by atoms with Crippen molar-refractivity contribution in [3.8, 4) is 11.5 Å². The number of aromatic nitrogens is 1. The summed E-state index contributed by atoms with van der Waals surface area (Å²) in [7, 11) is 0. The molecule has 0 aliphatic rings. The van der Waals surface area contributed by atoms with Crippen LogP contribution >= 0.6 is 15.9 Å². The normalized spacial score (nSPS) is 10.5. The number of hydrogen-bond donors (Lipinski definition) is 0. The van der Waals surface area contributed by atoms with Gasteiger partial charge < -0.3 is 4.42 Å². The van der Waals surface area contributed by atoms with Gasteiger partial charge in [-0.3, -0.25) is 0 Å². The quantitative estimate of drug-likeness (QED) is 0.773. The lowest BCUT2D eigenvalue weighted by Gasteiger charge is -2.00. The molecule has 0 saturated carbocycles. The molecule has 0 N–H and O–H groups in total. The maximum Gasteiger partial charge on any atom is 0.227 e. The summed E-state index contributed by atoms with van der Waals surface area (Å²) in [4.78, 5) is 4.19. The Morgan fingerprint density at radius 1 is 1.29 bits per heavy atom. The molecule has 0 unspecified atom stereocenters. The number of rotatable bonds is 1. The molecule has 14 heavy (non-hydrogen) atoms. The Hall–Kier alpha value is -1.09. The topological polar surface area (TPSA) is 26.0 Å². The molecule has 1 aromatic heterocycles. The van der Waals surface area contributed by atoms with Gasteiger partial charge in [0.15, 0.2) is 0 Å². The van der Waals surface area contributed by atoms with Gasteiger partial charge in [0, 0.05) is 4.47 Å². The van der Waals surface area contributed by atoms with Gasteiger partial charge >= 0.3 is 0 Å². The van der Waals surface area contributed by atoms with E-state index in [1.807, 2.05) is 26.0 Å². The zero-order valence-electron chi connectivity index (χ0n) is 8.04. The fourth-order valence-corrected chi connectivity index (χ4v) is 1.70. The molecular formula is C11H10BrNO. The van der Waals surface area contributed by atoms with Crippen LogP contribution in [0.15, 0.2) is 33.3 Å². The van der Waals surface area contributed by atoms with Gasteiger partial charge in [-0.25, -0.2) is 4.98 Å². The summed E-state index contributed by atoms with van der Waals surface area (Å²) >= 11 is 3.48. The second kappa shape index (κ2) is 3.58. The van der Waals surface area contributed by atoms with Crippen LogP contribution in [0.25, 0.3) is 11.5 Å². The Bertz CT molecular complexity index is 462. The van der Waals surface area contributed by atoms with Crippen LogP contribution in [0, 0.1) is 13.8 Å². The third-order valence-corrected chi connectivity index (χ3v) is 2.67. The third-order valence-electron chi connectivity index (χ3n) is 1.97. The molecule has 0 saturated heterocycles. The lowest BCUT2D eigenvalue weighted by molar-refractivity contribution is 0.542. The van der Waals surface area contributed by atoms with Crippen molar-refractivity contribution in [3.05, 3.63) is 40.2 Å². The van der Waals surface area contributed by atoms with E-state index in [4.69, 9.17) is 4.42 Å². The SMILES string of the molecule is Cc1ccc(Br)c(-c2ncc(C)o2)c1. The minimum absolute atomic E-state index is 0.665. The van der Waals surface area contributed by atoms with Crippen LogP contribution in [0.1, 0.15) is 11.3 Å². The molecule has 2 rings (SSSR count). The Morgan fingerprint density at radius 2 is 2.07 bits per heavy atom. The lowest BCUT2D eigenvalue weighted by Crippen LogP contribution is -1.81. The van der Waals surface area contributed by atoms with Gasteiger partial charge in [-0.05, 0) is 41.9 Å². The first-order chi connectivity index (χ1) is 6.66. The van der Waals surface area contributed by atoms with Crippen molar-refractivity contribution in [1.82, 2.24) is 4.98 Å². The zero-order valence-corrected chi connectivity index (χ0v) is 9.63. The van der Waals surface area contributed by atoms with Crippen molar-refractivity contribution in [3.63, 3.8) is 0 Å². The molecule has 1 aromatic carbocycles. The van der Waals surface area contributed by atoms with E-state index in [1.54, 1.807) is 6.20 Å². The van der Waals surface area contributed by atoms with E-state index in [9.17, 15) is 0 Å². The molecule has 0 fully saturated rings. The van der Waals surface area contributed by atoms with Crippen LogP contribution in [0.2, 0.25) is 0 Å². The Balaban J connectivity index is 2.55. The number of oxazole rings is 1. The second-order valence-corrected chi connectivity index (χ2v) is 4.11. The summed E-state index contributed by atoms with van der Waals surface area (Å²) in [6.45, 7) is 3.94. The maximum absolute atomic E-state index is 5.46. The van der Waals surface area contributed by atoms with Crippen molar-refractivity contribution < 1.29 is 4.42 Å². The average Bonchev–Trinajstić information content (AvgIpc) is 2.56. The Kier molecular flexibility index (Phi) is 2.42. The smallest absolute Gasteiger partial charge is 0.227 e. The van der Waals surface area contributed by atoms with E-state index < -0.39 is 0 Å². The minimum Gasteiger partial charge on any atom is -0.441 e. The molecule has 0 atom stereocenters. The number of benzene rings is 1. The first kappa shape index (κ1) is 9.46. The molecule has 2 aromatic rings. The number of hydrogen-bond acceptors (Lipinski definition) is 2. The van der Waals surface area contributed by atoms with Gasteiger partial charge in [0.05, 0.1) is 11.8 Å². The Labute approximate surface area is 91.1 Å². The standard InChI is InChI=1S/C11H10BrNO/c1-7-3-4-10(12)9(5-7)11-13-6-8(2)14-11/h3-6H,1-2H3. The molecule has 0 aliphatic heterocycles. The van der Waals surface area contributed by atoms with Crippen molar-refractivity contribution in [2.75, 3.05) is 0 Å². The van der Waals surface area contributed by atoms with Gasteiger partial charge in [0.25, 0.3) is 0 Å². The minimum atomic E-state index is 0.665. The van der Waals surface area contributed by atoms with Gasteiger partial charge in [-0.2, -0.15) is 0 Å². The molecule has 0 amide bonds. The highest BCUT2D eigenvalue weighted by molar-refractivity contribution is 9.10. The highest BCUT2D eigenvalue weighted by Gasteiger charge is 2.08. The second-order valence-electron chi connectivity index (χ2n) is 3.26. The molecule has 3 heteroatoms. The molecule has 0 bridgehead atoms. The van der Waals surface area contributed by atoms with Crippen LogP contribution < -0.4 is 0 Å². The van der Waals surface area contributed by atoms with Gasteiger partial charge in [0.1, 0.15) is 5.76 Å². The molecule has 2 nitrogen and oxygen atoms in total. The fourth-order valence-electron chi connectivity index (χ4n) is 1.28. The highest BCUT2D eigenvalue weighted by Crippen LogP contribution is 2.28. The van der Waals surface area contributed by atoms with Crippen LogP contribution in [0.4, 0.5) is 0 Å². The Morgan fingerprint density at radius 3 is 2.71 bits per heavy atom. The van der Waals surface area contributed by atoms with E-state index in [-0.39, 0.29) is 0 Å². The molecule has 0 spiro atoms. The largest absolute Gasteiger partial charge is 0.441 e.